The summed E-state index contributed by atoms with van der Waals surface area (Å²) in [7, 11) is 0. The number of rotatable bonds is 2. The van der Waals surface area contributed by atoms with Gasteiger partial charge in [-0.1, -0.05) is 11.6 Å². The van der Waals surface area contributed by atoms with Crippen LogP contribution in [0.2, 0.25) is 5.02 Å². The van der Waals surface area contributed by atoms with Crippen molar-refractivity contribution in [2.45, 2.75) is 44.4 Å². The van der Waals surface area contributed by atoms with Crippen molar-refractivity contribution in [2.24, 2.45) is 10.9 Å². The van der Waals surface area contributed by atoms with Gasteiger partial charge < -0.3 is 10.0 Å². The summed E-state index contributed by atoms with van der Waals surface area (Å²) in [5.41, 5.74) is 0.561. The van der Waals surface area contributed by atoms with E-state index in [1.807, 2.05) is 4.90 Å². The molecule has 1 atom stereocenters. The monoisotopic (exact) mass is 427 g/mol. The number of halogens is 4. The van der Waals surface area contributed by atoms with Crippen LogP contribution in [0.3, 0.4) is 0 Å². The average molecular weight is 428 g/mol. The summed E-state index contributed by atoms with van der Waals surface area (Å²) in [6.07, 6.45) is -1.78. The number of hydrogen-bond acceptors (Lipinski definition) is 5. The van der Waals surface area contributed by atoms with Gasteiger partial charge in [0.25, 0.3) is 0 Å². The van der Waals surface area contributed by atoms with Crippen molar-refractivity contribution in [3.05, 3.63) is 34.0 Å². The number of pyridine rings is 1. The molecule has 0 radical (unpaired) electrons. The third kappa shape index (κ3) is 3.80. The van der Waals surface area contributed by atoms with Crippen LogP contribution >= 0.6 is 11.6 Å². The van der Waals surface area contributed by atoms with E-state index < -0.39 is 17.3 Å². The number of piperidine rings is 1. The number of Topliss-reactive ketones (excluding diaryl/α,β-unsaturated/α-hetero) is 1. The van der Waals surface area contributed by atoms with E-state index in [0.717, 1.165) is 42.0 Å². The lowest BCUT2D eigenvalue weighted by Gasteiger charge is -2.37. The highest BCUT2D eigenvalue weighted by Gasteiger charge is 2.43. The van der Waals surface area contributed by atoms with Gasteiger partial charge in [-0.05, 0) is 31.4 Å². The molecule has 1 unspecified atom stereocenters. The second-order valence-corrected chi connectivity index (χ2v) is 8.54. The van der Waals surface area contributed by atoms with Gasteiger partial charge in [0.05, 0.1) is 22.7 Å². The highest BCUT2D eigenvalue weighted by molar-refractivity contribution is 6.33. The van der Waals surface area contributed by atoms with Gasteiger partial charge in [-0.2, -0.15) is 13.2 Å². The molecular formula is C20H21ClF3N3O2. The maximum Gasteiger partial charge on any atom is 0.417 e. The molecule has 29 heavy (non-hydrogen) atoms. The predicted octanol–water partition coefficient (Wildman–Crippen LogP) is 3.84. The van der Waals surface area contributed by atoms with E-state index in [0.29, 0.717) is 31.9 Å². The van der Waals surface area contributed by atoms with Gasteiger partial charge in [-0.3, -0.25) is 9.79 Å². The summed E-state index contributed by atoms with van der Waals surface area (Å²) in [5.74, 6) is 0.510. The Bertz CT molecular complexity index is 916. The highest BCUT2D eigenvalue weighted by Crippen LogP contribution is 2.40. The summed E-state index contributed by atoms with van der Waals surface area (Å²) in [5, 5.41) is 10.8. The largest absolute Gasteiger partial charge is 0.417 e. The van der Waals surface area contributed by atoms with Gasteiger partial charge >= 0.3 is 6.18 Å². The quantitative estimate of drug-likeness (QED) is 0.779. The first kappa shape index (κ1) is 20.3. The van der Waals surface area contributed by atoms with Crippen molar-refractivity contribution < 1.29 is 23.1 Å². The number of nitrogens with zero attached hydrogens (tertiary/aromatic N) is 3. The molecule has 1 N–H and O–H groups in total. The first-order valence-electron chi connectivity index (χ1n) is 9.55. The smallest absolute Gasteiger partial charge is 0.385 e. The second-order valence-electron chi connectivity index (χ2n) is 8.13. The van der Waals surface area contributed by atoms with Crippen LogP contribution in [0.4, 0.5) is 19.0 Å². The number of ketones is 1. The molecule has 9 heteroatoms. The number of aliphatic imine (C=N–C) groups is 1. The Labute approximate surface area is 171 Å². The Kier molecular flexibility index (Phi) is 4.98. The number of carbonyl (C=O) groups is 1. The summed E-state index contributed by atoms with van der Waals surface area (Å²) in [4.78, 5) is 22.3. The standard InChI is InChI=1S/C20H21ClF3N3O2/c1-19(29)8-14(28)6-12-9-25-17(16(12)19)11-2-4-27(5-3-11)18-15(21)7-13(10-26-18)20(22,23)24/h7,10-11,29H,2-6,8-9H2,1H3. The molecule has 3 aliphatic rings. The first-order valence-corrected chi connectivity index (χ1v) is 9.93. The molecule has 4 rings (SSSR count). The topological polar surface area (TPSA) is 65.8 Å². The minimum atomic E-state index is -4.48. The van der Waals surface area contributed by atoms with Crippen LogP contribution in [-0.2, 0) is 11.0 Å². The summed E-state index contributed by atoms with van der Waals surface area (Å²) < 4.78 is 38.5. The highest BCUT2D eigenvalue weighted by atomic mass is 35.5. The van der Waals surface area contributed by atoms with Crippen molar-refractivity contribution >= 4 is 28.9 Å². The van der Waals surface area contributed by atoms with Gasteiger partial charge in [0, 0.05) is 49.3 Å². The minimum Gasteiger partial charge on any atom is -0.385 e. The predicted molar refractivity (Wildman–Crippen MR) is 103 cm³/mol. The van der Waals surface area contributed by atoms with E-state index in [9.17, 15) is 23.1 Å². The lowest BCUT2D eigenvalue weighted by molar-refractivity contribution is -0.137. The van der Waals surface area contributed by atoms with Crippen molar-refractivity contribution in [2.75, 3.05) is 24.5 Å². The Morgan fingerprint density at radius 3 is 2.62 bits per heavy atom. The molecule has 1 aromatic heterocycles. The van der Waals surface area contributed by atoms with Crippen molar-refractivity contribution in [3.63, 3.8) is 0 Å². The number of anilines is 1. The molecule has 156 valence electrons. The van der Waals surface area contributed by atoms with Crippen LogP contribution in [0.15, 0.2) is 28.4 Å². The Morgan fingerprint density at radius 1 is 1.31 bits per heavy atom. The fraction of sp³-hybridized carbons (Fsp3) is 0.550. The van der Waals surface area contributed by atoms with Crippen LogP contribution in [0.1, 0.15) is 38.2 Å². The van der Waals surface area contributed by atoms with E-state index in [1.165, 1.54) is 0 Å². The minimum absolute atomic E-state index is 0.0183. The molecule has 1 aromatic rings. The SMILES string of the molecule is CC1(O)CC(=O)CC2=C1C(C1CCN(c3ncc(C(F)(F)F)cc3Cl)CC1)=NC2. The summed E-state index contributed by atoms with van der Waals surface area (Å²) in [6, 6.07) is 0.907. The van der Waals surface area contributed by atoms with Crippen LogP contribution < -0.4 is 4.90 Å². The Balaban J connectivity index is 1.48. The zero-order valence-electron chi connectivity index (χ0n) is 15.9. The number of aromatic nitrogens is 1. The van der Waals surface area contributed by atoms with Crippen LogP contribution in [0, 0.1) is 5.92 Å². The maximum atomic E-state index is 12.8. The van der Waals surface area contributed by atoms with Gasteiger partial charge in [0.15, 0.2) is 0 Å². The van der Waals surface area contributed by atoms with E-state index in [4.69, 9.17) is 11.6 Å². The van der Waals surface area contributed by atoms with E-state index in [1.54, 1.807) is 6.92 Å². The van der Waals surface area contributed by atoms with Crippen molar-refractivity contribution in [3.8, 4) is 0 Å². The zero-order valence-corrected chi connectivity index (χ0v) is 16.6. The van der Waals surface area contributed by atoms with Crippen LogP contribution in [0.25, 0.3) is 0 Å². The molecule has 3 heterocycles. The molecule has 0 spiro atoms. The van der Waals surface area contributed by atoms with E-state index in [-0.39, 0.29) is 23.1 Å². The number of hydrogen-bond donors (Lipinski definition) is 1. The summed E-state index contributed by atoms with van der Waals surface area (Å²) in [6.45, 7) is 3.28. The maximum absolute atomic E-state index is 12.8. The van der Waals surface area contributed by atoms with E-state index in [2.05, 4.69) is 9.98 Å². The fourth-order valence-electron chi connectivity index (χ4n) is 4.61. The first-order chi connectivity index (χ1) is 13.6. The molecule has 0 aromatic carbocycles. The normalized spacial score (nSPS) is 26.1. The van der Waals surface area contributed by atoms with Crippen LogP contribution in [0.5, 0.6) is 0 Å². The molecule has 1 aliphatic carbocycles. The van der Waals surface area contributed by atoms with Gasteiger partial charge in [-0.15, -0.1) is 0 Å². The molecule has 0 bridgehead atoms. The molecule has 5 nitrogen and oxygen atoms in total. The molecule has 1 saturated heterocycles. The lowest BCUT2D eigenvalue weighted by Crippen LogP contribution is -2.42. The number of carbonyl (C=O) groups excluding carboxylic acids is 1. The molecule has 2 aliphatic heterocycles. The Hall–Kier alpha value is -1.93. The second kappa shape index (κ2) is 7.09. The molecular weight excluding hydrogens is 407 g/mol. The zero-order chi connectivity index (χ0) is 21.0. The third-order valence-electron chi connectivity index (χ3n) is 5.87. The third-order valence-corrected chi connectivity index (χ3v) is 6.15. The van der Waals surface area contributed by atoms with Crippen molar-refractivity contribution in [1.29, 1.82) is 0 Å². The molecule has 0 amide bonds. The fourth-order valence-corrected chi connectivity index (χ4v) is 4.90. The lowest BCUT2D eigenvalue weighted by atomic mass is 9.74. The van der Waals surface area contributed by atoms with Crippen LogP contribution in [-0.4, -0.2) is 46.8 Å². The molecule has 0 saturated carbocycles. The van der Waals surface area contributed by atoms with Gasteiger partial charge in [-0.25, -0.2) is 4.98 Å². The molecule has 1 fully saturated rings. The average Bonchev–Trinajstić information content (AvgIpc) is 3.05. The Morgan fingerprint density at radius 2 is 2.00 bits per heavy atom. The van der Waals surface area contributed by atoms with Crippen molar-refractivity contribution in [1.82, 2.24) is 4.98 Å². The van der Waals surface area contributed by atoms with E-state index >= 15 is 0 Å². The number of alkyl halides is 3. The van der Waals surface area contributed by atoms with Gasteiger partial charge in [0.1, 0.15) is 11.6 Å². The van der Waals surface area contributed by atoms with Gasteiger partial charge in [0.2, 0.25) is 0 Å². The number of aliphatic hydroxyl groups is 1. The summed E-state index contributed by atoms with van der Waals surface area (Å²) >= 11 is 6.07.